The summed E-state index contributed by atoms with van der Waals surface area (Å²) in [6, 6.07) is 5.40. The molecule has 1 saturated heterocycles. The minimum Gasteiger partial charge on any atom is -0.388 e. The summed E-state index contributed by atoms with van der Waals surface area (Å²) < 4.78 is 0. The van der Waals surface area contributed by atoms with Gasteiger partial charge in [0.15, 0.2) is 0 Å². The van der Waals surface area contributed by atoms with Crippen molar-refractivity contribution in [3.05, 3.63) is 33.8 Å². The largest absolute Gasteiger partial charge is 0.388 e. The molecule has 1 aromatic rings. The van der Waals surface area contributed by atoms with Crippen LogP contribution in [0.4, 0.5) is 0 Å². The number of aliphatic hydroxyl groups is 1. The second-order valence-corrected chi connectivity index (χ2v) is 7.24. The molecule has 2 rings (SSSR count). The molecule has 3 nitrogen and oxygen atoms in total. The molecule has 118 valence electrons. The maximum absolute atomic E-state index is 10.4. The van der Waals surface area contributed by atoms with Gasteiger partial charge >= 0.3 is 0 Å². The van der Waals surface area contributed by atoms with E-state index in [9.17, 15) is 5.11 Å². The lowest BCUT2D eigenvalue weighted by Gasteiger charge is -2.45. The summed E-state index contributed by atoms with van der Waals surface area (Å²) in [5, 5.41) is 11.3. The van der Waals surface area contributed by atoms with Crippen molar-refractivity contribution in [2.75, 3.05) is 33.2 Å². The van der Waals surface area contributed by atoms with Crippen molar-refractivity contribution in [3.8, 4) is 0 Å². The molecule has 1 aliphatic heterocycles. The van der Waals surface area contributed by atoms with Gasteiger partial charge in [0.05, 0.1) is 16.1 Å². The minimum absolute atomic E-state index is 0.177. The van der Waals surface area contributed by atoms with E-state index in [2.05, 4.69) is 30.7 Å². The lowest BCUT2D eigenvalue weighted by molar-refractivity contribution is 0.0313. The number of likely N-dealkylation sites (N-methyl/N-ethyl adjacent to an activating group) is 1. The van der Waals surface area contributed by atoms with Crippen molar-refractivity contribution < 1.29 is 5.11 Å². The van der Waals surface area contributed by atoms with Gasteiger partial charge in [-0.3, -0.25) is 4.90 Å². The molecule has 0 spiro atoms. The predicted molar refractivity (Wildman–Crippen MR) is 89.2 cm³/mol. The molecule has 1 aromatic carbocycles. The number of hydrogen-bond donors (Lipinski definition) is 1. The van der Waals surface area contributed by atoms with Crippen molar-refractivity contribution in [1.82, 2.24) is 9.80 Å². The second-order valence-electron chi connectivity index (χ2n) is 6.46. The molecule has 1 unspecified atom stereocenters. The van der Waals surface area contributed by atoms with Gasteiger partial charge in [0.25, 0.3) is 0 Å². The van der Waals surface area contributed by atoms with Gasteiger partial charge < -0.3 is 10.0 Å². The average Bonchev–Trinajstić information content (AvgIpc) is 2.42. The van der Waals surface area contributed by atoms with E-state index in [1.807, 2.05) is 12.1 Å². The van der Waals surface area contributed by atoms with Gasteiger partial charge in [-0.2, -0.15) is 0 Å². The highest BCUT2D eigenvalue weighted by molar-refractivity contribution is 6.42. The summed E-state index contributed by atoms with van der Waals surface area (Å²) in [4.78, 5) is 4.79. The molecule has 1 heterocycles. The molecule has 0 radical (unpaired) electrons. The van der Waals surface area contributed by atoms with Crippen LogP contribution in [-0.2, 0) is 0 Å². The maximum Gasteiger partial charge on any atom is 0.0817 e. The summed E-state index contributed by atoms with van der Waals surface area (Å²) in [6.07, 6.45) is 0.0961. The van der Waals surface area contributed by atoms with Crippen LogP contribution in [0.1, 0.15) is 31.9 Å². The van der Waals surface area contributed by atoms with Crippen LogP contribution >= 0.6 is 23.2 Å². The molecule has 0 amide bonds. The Balaban J connectivity index is 1.93. The first-order chi connectivity index (χ1) is 9.81. The number of halogens is 2. The maximum atomic E-state index is 10.4. The quantitative estimate of drug-likeness (QED) is 0.916. The summed E-state index contributed by atoms with van der Waals surface area (Å²) in [7, 11) is 2.16. The minimum atomic E-state index is -0.570. The highest BCUT2D eigenvalue weighted by atomic mass is 35.5. The summed E-state index contributed by atoms with van der Waals surface area (Å²) in [5.74, 6) is 0. The second kappa shape index (κ2) is 6.84. The average molecular weight is 331 g/mol. The van der Waals surface area contributed by atoms with Gasteiger partial charge in [-0.05, 0) is 33.4 Å². The van der Waals surface area contributed by atoms with Crippen molar-refractivity contribution in [1.29, 1.82) is 0 Å². The number of hydrogen-bond acceptors (Lipinski definition) is 3. The zero-order chi connectivity index (χ0) is 15.6. The predicted octanol–water partition coefficient (Wildman–Crippen LogP) is 3.44. The number of aliphatic hydroxyl groups excluding tert-OH is 1. The van der Waals surface area contributed by atoms with E-state index in [0.717, 1.165) is 31.7 Å². The topological polar surface area (TPSA) is 26.7 Å². The molecular formula is C16H24Cl2N2O. The Kier molecular flexibility index (Phi) is 5.55. The van der Waals surface area contributed by atoms with Crippen molar-refractivity contribution in [2.45, 2.75) is 31.9 Å². The third kappa shape index (κ3) is 4.11. The molecule has 1 fully saturated rings. The Hall–Kier alpha value is -0.320. The molecule has 0 aliphatic carbocycles. The van der Waals surface area contributed by atoms with Crippen LogP contribution in [0.2, 0.25) is 10.0 Å². The highest BCUT2D eigenvalue weighted by Gasteiger charge is 2.31. The van der Waals surface area contributed by atoms with Gasteiger partial charge in [-0.25, -0.2) is 0 Å². The van der Waals surface area contributed by atoms with Gasteiger partial charge in [-0.1, -0.05) is 35.3 Å². The van der Waals surface area contributed by atoms with Gasteiger partial charge in [0.1, 0.15) is 0 Å². The zero-order valence-electron chi connectivity index (χ0n) is 12.9. The highest BCUT2D eigenvalue weighted by Crippen LogP contribution is 2.31. The van der Waals surface area contributed by atoms with Crippen LogP contribution in [0.3, 0.4) is 0 Å². The standard InChI is InChI=1S/C16H24Cl2N2O/c1-16(2)11-20(10-9-19(16)3)8-7-14(21)12-5-4-6-13(17)15(12)18/h4-6,14,21H,7-11H2,1-3H3. The van der Waals surface area contributed by atoms with E-state index in [0.29, 0.717) is 16.5 Å². The smallest absolute Gasteiger partial charge is 0.0817 e. The molecule has 1 N–H and O–H groups in total. The van der Waals surface area contributed by atoms with E-state index in [-0.39, 0.29) is 5.54 Å². The van der Waals surface area contributed by atoms with Crippen molar-refractivity contribution >= 4 is 23.2 Å². The number of piperazine rings is 1. The fourth-order valence-corrected chi connectivity index (χ4v) is 3.20. The van der Waals surface area contributed by atoms with Crippen LogP contribution < -0.4 is 0 Å². The number of rotatable bonds is 4. The first-order valence-electron chi connectivity index (χ1n) is 7.37. The molecule has 5 heteroatoms. The van der Waals surface area contributed by atoms with E-state index in [4.69, 9.17) is 23.2 Å². The fraction of sp³-hybridized carbons (Fsp3) is 0.625. The first kappa shape index (κ1) is 17.0. The van der Waals surface area contributed by atoms with E-state index < -0.39 is 6.10 Å². The SMILES string of the molecule is CN1CCN(CCC(O)c2cccc(Cl)c2Cl)CC1(C)C. The lowest BCUT2D eigenvalue weighted by Crippen LogP contribution is -2.57. The summed E-state index contributed by atoms with van der Waals surface area (Å²) in [5.41, 5.74) is 0.897. The molecule has 0 aromatic heterocycles. The van der Waals surface area contributed by atoms with Crippen LogP contribution in [-0.4, -0.2) is 53.7 Å². The first-order valence-corrected chi connectivity index (χ1v) is 8.12. The normalized spacial score (nSPS) is 21.4. The Bertz CT molecular complexity index is 493. The van der Waals surface area contributed by atoms with Gasteiger partial charge in [0.2, 0.25) is 0 Å². The summed E-state index contributed by atoms with van der Waals surface area (Å²) >= 11 is 12.2. The van der Waals surface area contributed by atoms with E-state index >= 15 is 0 Å². The lowest BCUT2D eigenvalue weighted by atomic mass is 9.99. The number of nitrogens with zero attached hydrogens (tertiary/aromatic N) is 2. The summed E-state index contributed by atoms with van der Waals surface area (Å²) in [6.45, 7) is 8.48. The Morgan fingerprint density at radius 2 is 2.00 bits per heavy atom. The van der Waals surface area contributed by atoms with Crippen LogP contribution in [0, 0.1) is 0 Å². The zero-order valence-corrected chi connectivity index (χ0v) is 14.5. The van der Waals surface area contributed by atoms with Crippen LogP contribution in [0.5, 0.6) is 0 Å². The van der Waals surface area contributed by atoms with Gasteiger partial charge in [0, 0.05) is 37.3 Å². The molecule has 1 aliphatic rings. The Labute approximate surface area is 137 Å². The Morgan fingerprint density at radius 1 is 1.29 bits per heavy atom. The Morgan fingerprint density at radius 3 is 2.67 bits per heavy atom. The fourth-order valence-electron chi connectivity index (χ4n) is 2.77. The van der Waals surface area contributed by atoms with Crippen LogP contribution in [0.15, 0.2) is 18.2 Å². The number of benzene rings is 1. The van der Waals surface area contributed by atoms with Gasteiger partial charge in [-0.15, -0.1) is 0 Å². The molecule has 0 saturated carbocycles. The van der Waals surface area contributed by atoms with Crippen molar-refractivity contribution in [2.24, 2.45) is 0 Å². The monoisotopic (exact) mass is 330 g/mol. The molecule has 0 bridgehead atoms. The van der Waals surface area contributed by atoms with E-state index in [1.165, 1.54) is 0 Å². The molecule has 21 heavy (non-hydrogen) atoms. The third-order valence-electron chi connectivity index (χ3n) is 4.45. The molecule has 1 atom stereocenters. The van der Waals surface area contributed by atoms with E-state index in [1.54, 1.807) is 6.07 Å². The van der Waals surface area contributed by atoms with Crippen LogP contribution in [0.25, 0.3) is 0 Å². The molecular weight excluding hydrogens is 307 g/mol. The third-order valence-corrected chi connectivity index (χ3v) is 5.29. The van der Waals surface area contributed by atoms with Crippen molar-refractivity contribution in [3.63, 3.8) is 0 Å².